The molecule has 1 unspecified atom stereocenters. The summed E-state index contributed by atoms with van der Waals surface area (Å²) in [4.78, 5) is 4.17. The van der Waals surface area contributed by atoms with Gasteiger partial charge < -0.3 is 15.2 Å². The van der Waals surface area contributed by atoms with Crippen LogP contribution in [0.4, 0.5) is 0 Å². The van der Waals surface area contributed by atoms with E-state index in [0.717, 1.165) is 12.0 Å². The van der Waals surface area contributed by atoms with Crippen molar-refractivity contribution in [3.63, 3.8) is 0 Å². The molecule has 2 N–H and O–H groups in total. The Labute approximate surface area is 113 Å². The van der Waals surface area contributed by atoms with Gasteiger partial charge in [-0.15, -0.1) is 0 Å². The van der Waals surface area contributed by atoms with E-state index in [4.69, 9.17) is 15.2 Å². The normalized spacial score (nSPS) is 11.9. The van der Waals surface area contributed by atoms with Crippen LogP contribution in [0, 0.1) is 0 Å². The Balaban J connectivity index is 2.18. The Bertz CT molecular complexity index is 541. The smallest absolute Gasteiger partial charge is 0.169 e. The minimum atomic E-state index is 0.100. The molecule has 0 radical (unpaired) electrons. The van der Waals surface area contributed by atoms with E-state index >= 15 is 0 Å². The van der Waals surface area contributed by atoms with Gasteiger partial charge in [0.25, 0.3) is 0 Å². The van der Waals surface area contributed by atoms with Gasteiger partial charge >= 0.3 is 0 Å². The van der Waals surface area contributed by atoms with Crippen molar-refractivity contribution in [2.24, 2.45) is 5.73 Å². The van der Waals surface area contributed by atoms with Crippen LogP contribution in [0.3, 0.4) is 0 Å². The lowest BCUT2D eigenvalue weighted by atomic mass is 10.1. The summed E-state index contributed by atoms with van der Waals surface area (Å²) in [6.07, 6.45) is 4.26. The highest BCUT2D eigenvalue weighted by atomic mass is 16.5. The van der Waals surface area contributed by atoms with E-state index in [1.54, 1.807) is 19.5 Å². The molecule has 1 atom stereocenters. The monoisotopic (exact) mass is 258 g/mol. The maximum absolute atomic E-state index is 5.79. The number of aromatic nitrogens is 1. The maximum atomic E-state index is 5.79. The molecule has 4 heteroatoms. The molecule has 1 aromatic heterocycles. The lowest BCUT2D eigenvalue weighted by Gasteiger charge is -2.11. The van der Waals surface area contributed by atoms with Crippen molar-refractivity contribution in [2.45, 2.75) is 19.4 Å². The van der Waals surface area contributed by atoms with E-state index in [-0.39, 0.29) is 6.04 Å². The first-order chi connectivity index (χ1) is 9.19. The van der Waals surface area contributed by atoms with E-state index in [1.165, 1.54) is 0 Å². The molecular weight excluding hydrogens is 240 g/mol. The zero-order valence-electron chi connectivity index (χ0n) is 11.2. The Morgan fingerprint density at radius 2 is 1.95 bits per heavy atom. The molecule has 0 spiro atoms. The van der Waals surface area contributed by atoms with Crippen molar-refractivity contribution in [2.75, 3.05) is 7.11 Å². The standard InChI is InChI=1S/C15H18N2O2/c1-11(16)7-12-8-13(10-17-9-12)19-15-6-4-3-5-14(15)18-2/h3-6,8-11H,7,16H2,1-2H3. The number of hydrogen-bond acceptors (Lipinski definition) is 4. The van der Waals surface area contributed by atoms with Crippen molar-refractivity contribution < 1.29 is 9.47 Å². The average Bonchev–Trinajstić information content (AvgIpc) is 2.39. The predicted molar refractivity (Wildman–Crippen MR) is 74.7 cm³/mol. The summed E-state index contributed by atoms with van der Waals surface area (Å²) < 4.78 is 11.0. The van der Waals surface area contributed by atoms with Crippen LogP contribution in [0.5, 0.6) is 17.2 Å². The molecule has 0 fully saturated rings. The predicted octanol–water partition coefficient (Wildman–Crippen LogP) is 2.77. The summed E-state index contributed by atoms with van der Waals surface area (Å²) in [6.45, 7) is 1.97. The van der Waals surface area contributed by atoms with Crippen LogP contribution < -0.4 is 15.2 Å². The highest BCUT2D eigenvalue weighted by Gasteiger charge is 2.06. The van der Waals surface area contributed by atoms with Gasteiger partial charge in [0.05, 0.1) is 13.3 Å². The molecule has 1 heterocycles. The van der Waals surface area contributed by atoms with Gasteiger partial charge in [-0.1, -0.05) is 12.1 Å². The minimum Gasteiger partial charge on any atom is -0.493 e. The van der Waals surface area contributed by atoms with Crippen LogP contribution in [0.15, 0.2) is 42.7 Å². The first-order valence-corrected chi connectivity index (χ1v) is 6.19. The average molecular weight is 258 g/mol. The summed E-state index contributed by atoms with van der Waals surface area (Å²) in [5.74, 6) is 2.05. The van der Waals surface area contributed by atoms with Crippen LogP contribution in [0.25, 0.3) is 0 Å². The second-order valence-electron chi connectivity index (χ2n) is 4.46. The fourth-order valence-electron chi connectivity index (χ4n) is 1.83. The lowest BCUT2D eigenvalue weighted by molar-refractivity contribution is 0.378. The van der Waals surface area contributed by atoms with Gasteiger partial charge in [0.15, 0.2) is 11.5 Å². The Kier molecular flexibility index (Phi) is 4.36. The van der Waals surface area contributed by atoms with Crippen LogP contribution >= 0.6 is 0 Å². The van der Waals surface area contributed by atoms with Gasteiger partial charge in [-0.3, -0.25) is 4.98 Å². The van der Waals surface area contributed by atoms with Gasteiger partial charge in [0, 0.05) is 12.2 Å². The molecule has 1 aromatic carbocycles. The molecule has 19 heavy (non-hydrogen) atoms. The Morgan fingerprint density at radius 1 is 1.21 bits per heavy atom. The molecular formula is C15H18N2O2. The summed E-state index contributed by atoms with van der Waals surface area (Å²) in [5, 5.41) is 0. The number of para-hydroxylation sites is 2. The SMILES string of the molecule is COc1ccccc1Oc1cncc(CC(C)N)c1. The minimum absolute atomic E-state index is 0.100. The fourth-order valence-corrected chi connectivity index (χ4v) is 1.83. The molecule has 4 nitrogen and oxygen atoms in total. The first-order valence-electron chi connectivity index (χ1n) is 6.19. The third-order valence-electron chi connectivity index (χ3n) is 2.62. The third-order valence-corrected chi connectivity index (χ3v) is 2.62. The highest BCUT2D eigenvalue weighted by Crippen LogP contribution is 2.30. The van der Waals surface area contributed by atoms with E-state index < -0.39 is 0 Å². The molecule has 0 aliphatic carbocycles. The summed E-state index contributed by atoms with van der Waals surface area (Å²) in [5.41, 5.74) is 6.84. The number of nitrogens with two attached hydrogens (primary N) is 1. The van der Waals surface area contributed by atoms with Crippen LogP contribution in [0.1, 0.15) is 12.5 Å². The lowest BCUT2D eigenvalue weighted by Crippen LogP contribution is -2.17. The van der Waals surface area contributed by atoms with Crippen molar-refractivity contribution in [1.29, 1.82) is 0 Å². The molecule has 0 saturated carbocycles. The van der Waals surface area contributed by atoms with E-state index in [9.17, 15) is 0 Å². The molecule has 0 aliphatic rings. The van der Waals surface area contributed by atoms with Gasteiger partial charge in [-0.2, -0.15) is 0 Å². The van der Waals surface area contributed by atoms with Crippen molar-refractivity contribution >= 4 is 0 Å². The molecule has 0 bridgehead atoms. The Morgan fingerprint density at radius 3 is 2.63 bits per heavy atom. The van der Waals surface area contributed by atoms with Gasteiger partial charge in [-0.25, -0.2) is 0 Å². The number of pyridine rings is 1. The van der Waals surface area contributed by atoms with Crippen LogP contribution in [-0.4, -0.2) is 18.1 Å². The quantitative estimate of drug-likeness (QED) is 0.896. The first kappa shape index (κ1) is 13.4. The number of rotatable bonds is 5. The molecule has 100 valence electrons. The van der Waals surface area contributed by atoms with E-state index in [0.29, 0.717) is 17.2 Å². The number of benzene rings is 1. The molecule has 0 aliphatic heterocycles. The fraction of sp³-hybridized carbons (Fsp3) is 0.267. The number of ether oxygens (including phenoxy) is 2. The molecule has 0 amide bonds. The van der Waals surface area contributed by atoms with Gasteiger partial charge in [0.1, 0.15) is 5.75 Å². The van der Waals surface area contributed by atoms with Crippen molar-refractivity contribution in [3.05, 3.63) is 48.3 Å². The zero-order chi connectivity index (χ0) is 13.7. The maximum Gasteiger partial charge on any atom is 0.169 e. The number of methoxy groups -OCH3 is 1. The van der Waals surface area contributed by atoms with E-state index in [2.05, 4.69) is 4.98 Å². The van der Waals surface area contributed by atoms with Crippen molar-refractivity contribution in [3.8, 4) is 17.2 Å². The van der Waals surface area contributed by atoms with Crippen LogP contribution in [0.2, 0.25) is 0 Å². The summed E-state index contributed by atoms with van der Waals surface area (Å²) in [6, 6.07) is 9.56. The largest absolute Gasteiger partial charge is 0.493 e. The third kappa shape index (κ3) is 3.69. The van der Waals surface area contributed by atoms with E-state index in [1.807, 2.05) is 37.3 Å². The highest BCUT2D eigenvalue weighted by molar-refractivity contribution is 5.42. The van der Waals surface area contributed by atoms with Gasteiger partial charge in [-0.05, 0) is 37.1 Å². The number of hydrogen-bond donors (Lipinski definition) is 1. The topological polar surface area (TPSA) is 57.4 Å². The zero-order valence-corrected chi connectivity index (χ0v) is 11.2. The van der Waals surface area contributed by atoms with Crippen molar-refractivity contribution in [1.82, 2.24) is 4.98 Å². The molecule has 0 saturated heterocycles. The molecule has 2 rings (SSSR count). The summed E-state index contributed by atoms with van der Waals surface area (Å²) >= 11 is 0. The molecule has 2 aromatic rings. The van der Waals surface area contributed by atoms with Gasteiger partial charge in [0.2, 0.25) is 0 Å². The Hall–Kier alpha value is -2.07. The van der Waals surface area contributed by atoms with Crippen LogP contribution in [-0.2, 0) is 6.42 Å². The second kappa shape index (κ2) is 6.20. The summed E-state index contributed by atoms with van der Waals surface area (Å²) in [7, 11) is 1.62. The number of nitrogens with zero attached hydrogens (tertiary/aromatic N) is 1. The second-order valence-corrected chi connectivity index (χ2v) is 4.46.